The Bertz CT molecular complexity index is 473. The molecule has 1 N–H and O–H groups in total. The van der Waals surface area contributed by atoms with Gasteiger partial charge >= 0.3 is 5.82 Å². The number of aryl methyl sites for hydroxylation is 1. The highest BCUT2D eigenvalue weighted by atomic mass is 16.6. The minimum absolute atomic E-state index is 0.0422. The van der Waals surface area contributed by atoms with Crippen LogP contribution in [-0.4, -0.2) is 9.91 Å². The van der Waals surface area contributed by atoms with E-state index in [2.05, 4.69) is 4.98 Å². The van der Waals surface area contributed by atoms with Crippen molar-refractivity contribution in [2.45, 2.75) is 6.92 Å². The minimum atomic E-state index is -0.421. The Hall–Kier alpha value is -1.84. The van der Waals surface area contributed by atoms with Crippen LogP contribution in [0.25, 0.3) is 10.9 Å². The van der Waals surface area contributed by atoms with Crippen molar-refractivity contribution in [3.05, 3.63) is 39.9 Å². The smallest absolute Gasteiger partial charge is 0.321 e. The highest BCUT2D eigenvalue weighted by Crippen LogP contribution is 2.20. The van der Waals surface area contributed by atoms with Crippen molar-refractivity contribution in [2.24, 2.45) is 0 Å². The number of nitrogens with zero attached hydrogens (tertiary/aromatic N) is 1. The number of hydrogen-bond donors (Lipinski definition) is 1. The number of aromatic amines is 1. The molecule has 0 saturated heterocycles. The number of benzene rings is 1. The fourth-order valence-electron chi connectivity index (χ4n) is 1.34. The van der Waals surface area contributed by atoms with Crippen LogP contribution >= 0.6 is 0 Å². The van der Waals surface area contributed by atoms with Crippen LogP contribution in [0.3, 0.4) is 0 Å². The second-order valence-electron chi connectivity index (χ2n) is 3.00. The van der Waals surface area contributed by atoms with Crippen LogP contribution in [0, 0.1) is 17.0 Å². The van der Waals surface area contributed by atoms with E-state index in [1.165, 1.54) is 0 Å². The molecule has 4 nitrogen and oxygen atoms in total. The van der Waals surface area contributed by atoms with Crippen LogP contribution in [0.15, 0.2) is 24.3 Å². The van der Waals surface area contributed by atoms with Gasteiger partial charge in [-0.1, -0.05) is 11.6 Å². The monoisotopic (exact) mass is 176 g/mol. The SMILES string of the molecule is Cc1ccc2[nH]c([N+](=O)[O-])cc2c1. The van der Waals surface area contributed by atoms with Crippen LogP contribution in [0.2, 0.25) is 0 Å². The van der Waals surface area contributed by atoms with Gasteiger partial charge in [0.05, 0.1) is 0 Å². The molecule has 0 aliphatic heterocycles. The molecule has 0 bridgehead atoms. The summed E-state index contributed by atoms with van der Waals surface area (Å²) >= 11 is 0. The molecule has 2 aromatic rings. The van der Waals surface area contributed by atoms with Crippen LogP contribution < -0.4 is 0 Å². The van der Waals surface area contributed by atoms with E-state index < -0.39 is 4.92 Å². The number of nitrogens with one attached hydrogen (secondary N) is 1. The highest BCUT2D eigenvalue weighted by molar-refractivity contribution is 5.82. The second-order valence-corrected chi connectivity index (χ2v) is 3.00. The van der Waals surface area contributed by atoms with E-state index in [9.17, 15) is 10.1 Å². The van der Waals surface area contributed by atoms with E-state index in [1.54, 1.807) is 6.07 Å². The molecule has 0 spiro atoms. The zero-order chi connectivity index (χ0) is 9.42. The summed E-state index contributed by atoms with van der Waals surface area (Å²) in [6.45, 7) is 1.96. The highest BCUT2D eigenvalue weighted by Gasteiger charge is 2.08. The van der Waals surface area contributed by atoms with Gasteiger partial charge in [-0.2, -0.15) is 0 Å². The Morgan fingerprint density at radius 3 is 2.85 bits per heavy atom. The van der Waals surface area contributed by atoms with E-state index in [0.29, 0.717) is 0 Å². The van der Waals surface area contributed by atoms with E-state index >= 15 is 0 Å². The quantitative estimate of drug-likeness (QED) is 0.535. The first-order chi connectivity index (χ1) is 6.16. The lowest BCUT2D eigenvalue weighted by Gasteiger charge is -1.87. The summed E-state index contributed by atoms with van der Waals surface area (Å²) in [5.74, 6) is 0.0422. The van der Waals surface area contributed by atoms with Gasteiger partial charge < -0.3 is 10.1 Å². The zero-order valence-corrected chi connectivity index (χ0v) is 7.07. The number of nitro groups is 1. The Morgan fingerprint density at radius 1 is 1.38 bits per heavy atom. The van der Waals surface area contributed by atoms with Crippen molar-refractivity contribution >= 4 is 16.7 Å². The molecule has 1 heterocycles. The number of H-pyrrole nitrogens is 1. The predicted octanol–water partition coefficient (Wildman–Crippen LogP) is 2.38. The third kappa shape index (κ3) is 1.26. The molecule has 0 radical (unpaired) electrons. The molecule has 0 atom stereocenters. The zero-order valence-electron chi connectivity index (χ0n) is 7.07. The molecule has 1 aromatic carbocycles. The van der Waals surface area contributed by atoms with Gasteiger partial charge in [0.25, 0.3) is 0 Å². The van der Waals surface area contributed by atoms with E-state index in [1.807, 2.05) is 25.1 Å². The molecule has 1 aromatic heterocycles. The molecule has 0 saturated carbocycles. The van der Waals surface area contributed by atoms with Crippen LogP contribution in [0.4, 0.5) is 5.82 Å². The average molecular weight is 176 g/mol. The fraction of sp³-hybridized carbons (Fsp3) is 0.111. The molecule has 2 rings (SSSR count). The third-order valence-electron chi connectivity index (χ3n) is 1.96. The lowest BCUT2D eigenvalue weighted by molar-refractivity contribution is -0.389. The van der Waals surface area contributed by atoms with Gasteiger partial charge in [0.2, 0.25) is 0 Å². The van der Waals surface area contributed by atoms with Gasteiger partial charge in [0.1, 0.15) is 5.52 Å². The molecule has 0 fully saturated rings. The van der Waals surface area contributed by atoms with Gasteiger partial charge in [-0.15, -0.1) is 0 Å². The summed E-state index contributed by atoms with van der Waals surface area (Å²) in [7, 11) is 0. The van der Waals surface area contributed by atoms with Gasteiger partial charge in [-0.3, -0.25) is 0 Å². The Morgan fingerprint density at radius 2 is 2.15 bits per heavy atom. The fourth-order valence-corrected chi connectivity index (χ4v) is 1.34. The Labute approximate surface area is 74.3 Å². The first-order valence-corrected chi connectivity index (χ1v) is 3.90. The maximum Gasteiger partial charge on any atom is 0.321 e. The second kappa shape index (κ2) is 2.58. The molecule has 66 valence electrons. The molecule has 0 aliphatic carbocycles. The predicted molar refractivity (Wildman–Crippen MR) is 49.7 cm³/mol. The third-order valence-corrected chi connectivity index (χ3v) is 1.96. The summed E-state index contributed by atoms with van der Waals surface area (Å²) in [4.78, 5) is 12.7. The maximum atomic E-state index is 10.4. The molecular formula is C9H8N2O2. The molecule has 13 heavy (non-hydrogen) atoms. The number of rotatable bonds is 1. The maximum absolute atomic E-state index is 10.4. The molecular weight excluding hydrogens is 168 g/mol. The van der Waals surface area contributed by atoms with Gasteiger partial charge in [0.15, 0.2) is 0 Å². The van der Waals surface area contributed by atoms with Crippen molar-refractivity contribution in [3.8, 4) is 0 Å². The first-order valence-electron chi connectivity index (χ1n) is 3.90. The molecule has 0 unspecified atom stereocenters. The normalized spacial score (nSPS) is 10.5. The summed E-state index contributed by atoms with van der Waals surface area (Å²) in [6.07, 6.45) is 0. The van der Waals surface area contributed by atoms with E-state index in [0.717, 1.165) is 16.5 Å². The average Bonchev–Trinajstić information content (AvgIpc) is 2.46. The number of aromatic nitrogens is 1. The van der Waals surface area contributed by atoms with E-state index in [4.69, 9.17) is 0 Å². The summed E-state index contributed by atoms with van der Waals surface area (Å²) < 4.78 is 0. The standard InChI is InChI=1S/C9H8N2O2/c1-6-2-3-8-7(4-6)5-9(10-8)11(12)13/h2-5,10H,1H3. The largest absolute Gasteiger partial charge is 0.358 e. The number of fused-ring (bicyclic) bond motifs is 1. The van der Waals surface area contributed by atoms with E-state index in [-0.39, 0.29) is 5.82 Å². The topological polar surface area (TPSA) is 58.9 Å². The van der Waals surface area contributed by atoms with Crippen LogP contribution in [0.5, 0.6) is 0 Å². The van der Waals surface area contributed by atoms with Crippen molar-refractivity contribution in [2.75, 3.05) is 0 Å². The van der Waals surface area contributed by atoms with Crippen molar-refractivity contribution < 1.29 is 4.92 Å². The lowest BCUT2D eigenvalue weighted by atomic mass is 10.2. The Balaban J connectivity index is 2.68. The summed E-state index contributed by atoms with van der Waals surface area (Å²) in [6, 6.07) is 7.22. The minimum Gasteiger partial charge on any atom is -0.358 e. The van der Waals surface area contributed by atoms with Crippen molar-refractivity contribution in [3.63, 3.8) is 0 Å². The lowest BCUT2D eigenvalue weighted by Crippen LogP contribution is -1.85. The van der Waals surface area contributed by atoms with Crippen molar-refractivity contribution in [1.82, 2.24) is 4.98 Å². The van der Waals surface area contributed by atoms with Crippen LogP contribution in [0.1, 0.15) is 5.56 Å². The van der Waals surface area contributed by atoms with Gasteiger partial charge in [-0.05, 0) is 24.0 Å². The molecule has 4 heteroatoms. The number of hydrogen-bond acceptors (Lipinski definition) is 2. The molecule has 0 amide bonds. The summed E-state index contributed by atoms with van der Waals surface area (Å²) in [5.41, 5.74) is 1.90. The van der Waals surface area contributed by atoms with Gasteiger partial charge in [0, 0.05) is 11.5 Å². The van der Waals surface area contributed by atoms with Crippen LogP contribution in [-0.2, 0) is 0 Å². The van der Waals surface area contributed by atoms with Gasteiger partial charge in [-0.25, -0.2) is 4.98 Å². The Kier molecular flexibility index (Phi) is 1.55. The first kappa shape index (κ1) is 7.79. The summed E-state index contributed by atoms with van der Waals surface area (Å²) in [5, 5.41) is 11.3. The van der Waals surface area contributed by atoms with Crippen molar-refractivity contribution in [1.29, 1.82) is 0 Å². The molecule has 0 aliphatic rings.